The van der Waals surface area contributed by atoms with Crippen LogP contribution in [0.1, 0.15) is 29.6 Å². The van der Waals surface area contributed by atoms with Crippen LogP contribution in [0.25, 0.3) is 0 Å². The van der Waals surface area contributed by atoms with Crippen molar-refractivity contribution in [3.8, 4) is 11.5 Å². The van der Waals surface area contributed by atoms with E-state index in [2.05, 4.69) is 15.0 Å². The van der Waals surface area contributed by atoms with Crippen molar-refractivity contribution in [2.75, 3.05) is 30.4 Å². The zero-order valence-electron chi connectivity index (χ0n) is 15.1. The highest BCUT2D eigenvalue weighted by atomic mass is 19.3. The Morgan fingerprint density at radius 2 is 1.74 bits per heavy atom. The molecule has 1 heterocycles. The van der Waals surface area contributed by atoms with E-state index in [0.717, 1.165) is 18.8 Å². The van der Waals surface area contributed by atoms with E-state index in [0.29, 0.717) is 5.69 Å². The number of hydrogen-bond acceptors (Lipinski definition) is 4. The maximum absolute atomic E-state index is 12.4. The molecule has 2 aromatic carbocycles. The minimum Gasteiger partial charge on any atom is -0.493 e. The van der Waals surface area contributed by atoms with Gasteiger partial charge in [0, 0.05) is 30.0 Å². The Morgan fingerprint density at radius 1 is 1.04 bits per heavy atom. The second-order valence-corrected chi connectivity index (χ2v) is 6.29. The molecule has 1 aliphatic heterocycles. The van der Waals surface area contributed by atoms with E-state index in [1.54, 1.807) is 0 Å². The normalized spacial score (nSPS) is 14.1. The Hall–Kier alpha value is -2.83. The first-order valence-electron chi connectivity index (χ1n) is 8.86. The van der Waals surface area contributed by atoms with Crippen LogP contribution in [0.2, 0.25) is 0 Å². The maximum Gasteiger partial charge on any atom is 0.387 e. The summed E-state index contributed by atoms with van der Waals surface area (Å²) in [5.41, 5.74) is 2.09. The largest absolute Gasteiger partial charge is 0.493 e. The van der Waals surface area contributed by atoms with E-state index in [4.69, 9.17) is 4.74 Å². The number of rotatable bonds is 6. The summed E-state index contributed by atoms with van der Waals surface area (Å²) in [7, 11) is 1.33. The third kappa shape index (κ3) is 4.87. The Balaban J connectivity index is 1.67. The van der Waals surface area contributed by atoms with Gasteiger partial charge in [0.1, 0.15) is 0 Å². The first-order valence-corrected chi connectivity index (χ1v) is 8.86. The number of halogens is 2. The molecule has 144 valence electrons. The van der Waals surface area contributed by atoms with E-state index in [9.17, 15) is 13.6 Å². The van der Waals surface area contributed by atoms with E-state index in [-0.39, 0.29) is 23.0 Å². The van der Waals surface area contributed by atoms with Crippen LogP contribution in [0, 0.1) is 0 Å². The summed E-state index contributed by atoms with van der Waals surface area (Å²) in [4.78, 5) is 14.8. The van der Waals surface area contributed by atoms with Gasteiger partial charge in [0.2, 0.25) is 0 Å². The number of anilines is 2. The molecule has 2 aromatic rings. The fourth-order valence-corrected chi connectivity index (χ4v) is 3.11. The molecule has 3 rings (SSSR count). The van der Waals surface area contributed by atoms with E-state index in [1.807, 2.05) is 24.3 Å². The van der Waals surface area contributed by atoms with Gasteiger partial charge in [-0.25, -0.2) is 0 Å². The molecule has 7 heteroatoms. The topological polar surface area (TPSA) is 50.8 Å². The lowest BCUT2D eigenvalue weighted by Gasteiger charge is -2.28. The Labute approximate surface area is 156 Å². The lowest BCUT2D eigenvalue weighted by molar-refractivity contribution is -0.0512. The summed E-state index contributed by atoms with van der Waals surface area (Å²) in [6.45, 7) is -0.853. The smallest absolute Gasteiger partial charge is 0.387 e. The van der Waals surface area contributed by atoms with Gasteiger partial charge in [0.05, 0.1) is 7.11 Å². The number of nitrogens with zero attached hydrogens (tertiary/aromatic N) is 1. The van der Waals surface area contributed by atoms with Crippen molar-refractivity contribution in [3.63, 3.8) is 0 Å². The van der Waals surface area contributed by atoms with Gasteiger partial charge in [-0.2, -0.15) is 8.78 Å². The molecule has 1 aliphatic rings. The molecule has 0 saturated carbocycles. The van der Waals surface area contributed by atoms with Crippen molar-refractivity contribution >= 4 is 17.3 Å². The van der Waals surface area contributed by atoms with Crippen LogP contribution in [0.3, 0.4) is 0 Å². The summed E-state index contributed by atoms with van der Waals surface area (Å²) in [6.07, 6.45) is 3.67. The van der Waals surface area contributed by atoms with Crippen LogP contribution in [-0.2, 0) is 0 Å². The summed E-state index contributed by atoms with van der Waals surface area (Å²) < 4.78 is 34.2. The number of hydrogen-bond donors (Lipinski definition) is 1. The highest BCUT2D eigenvalue weighted by Gasteiger charge is 2.15. The van der Waals surface area contributed by atoms with Gasteiger partial charge in [-0.15, -0.1) is 0 Å². The Morgan fingerprint density at radius 3 is 2.37 bits per heavy atom. The van der Waals surface area contributed by atoms with Gasteiger partial charge in [-0.3, -0.25) is 4.79 Å². The van der Waals surface area contributed by atoms with Gasteiger partial charge >= 0.3 is 6.61 Å². The van der Waals surface area contributed by atoms with Crippen LogP contribution in [0.5, 0.6) is 11.5 Å². The van der Waals surface area contributed by atoms with Gasteiger partial charge in [0.25, 0.3) is 5.91 Å². The standard InChI is InChI=1S/C20H22F2N2O3/c1-26-18-13-14(5-10-17(18)27-20(21)22)19(25)23-15-6-8-16(9-7-15)24-11-3-2-4-12-24/h5-10,13,20H,2-4,11-12H2,1H3,(H,23,25). The van der Waals surface area contributed by atoms with Gasteiger partial charge in [-0.1, -0.05) is 0 Å². The molecule has 1 fully saturated rings. The molecule has 5 nitrogen and oxygen atoms in total. The van der Waals surface area contributed by atoms with E-state index < -0.39 is 6.61 Å². The Bertz CT molecular complexity index is 775. The molecule has 0 radical (unpaired) electrons. The first-order chi connectivity index (χ1) is 13.1. The molecule has 0 atom stereocenters. The average Bonchev–Trinajstić information content (AvgIpc) is 2.69. The highest BCUT2D eigenvalue weighted by Crippen LogP contribution is 2.30. The SMILES string of the molecule is COc1cc(C(=O)Nc2ccc(N3CCCCC3)cc2)ccc1OC(F)F. The predicted octanol–water partition coefficient (Wildman–Crippen LogP) is 4.54. The summed E-state index contributed by atoms with van der Waals surface area (Å²) in [5, 5.41) is 2.80. The van der Waals surface area contributed by atoms with Crippen molar-refractivity contribution in [2.45, 2.75) is 25.9 Å². The number of carbonyl (C=O) groups is 1. The maximum atomic E-state index is 12.4. The fourth-order valence-electron chi connectivity index (χ4n) is 3.11. The average molecular weight is 376 g/mol. The van der Waals surface area contributed by atoms with Crippen LogP contribution >= 0.6 is 0 Å². The summed E-state index contributed by atoms with van der Waals surface area (Å²) in [6, 6.07) is 11.8. The molecule has 0 bridgehead atoms. The first kappa shape index (κ1) is 18.9. The van der Waals surface area contributed by atoms with Gasteiger partial charge in [-0.05, 0) is 61.7 Å². The molecule has 1 amide bonds. The highest BCUT2D eigenvalue weighted by molar-refractivity contribution is 6.04. The molecule has 0 unspecified atom stereocenters. The van der Waals surface area contributed by atoms with Crippen LogP contribution in [0.4, 0.5) is 20.2 Å². The van der Waals surface area contributed by atoms with Crippen LogP contribution in [-0.4, -0.2) is 32.7 Å². The van der Waals surface area contributed by atoms with Crippen molar-refractivity contribution < 1.29 is 23.0 Å². The lowest BCUT2D eigenvalue weighted by atomic mass is 10.1. The summed E-state index contributed by atoms with van der Waals surface area (Å²) in [5.74, 6) is -0.402. The minimum absolute atomic E-state index is 0.0726. The molecular formula is C20H22F2N2O3. The molecular weight excluding hydrogens is 354 g/mol. The van der Waals surface area contributed by atoms with E-state index >= 15 is 0 Å². The predicted molar refractivity (Wildman–Crippen MR) is 100 cm³/mol. The molecule has 1 N–H and O–H groups in total. The number of carbonyl (C=O) groups excluding carboxylic acids is 1. The molecule has 0 aliphatic carbocycles. The number of ether oxygens (including phenoxy) is 2. The van der Waals surface area contributed by atoms with Crippen molar-refractivity contribution in [2.24, 2.45) is 0 Å². The van der Waals surface area contributed by atoms with Gasteiger partial charge in [0.15, 0.2) is 11.5 Å². The molecule has 1 saturated heterocycles. The zero-order chi connectivity index (χ0) is 19.2. The molecule has 27 heavy (non-hydrogen) atoms. The molecule has 0 aromatic heterocycles. The summed E-state index contributed by atoms with van der Waals surface area (Å²) >= 11 is 0. The quantitative estimate of drug-likeness (QED) is 0.804. The van der Waals surface area contributed by atoms with Crippen molar-refractivity contribution in [1.82, 2.24) is 0 Å². The van der Waals surface area contributed by atoms with E-state index in [1.165, 1.54) is 44.6 Å². The number of methoxy groups -OCH3 is 1. The number of amides is 1. The van der Waals surface area contributed by atoms with Crippen molar-refractivity contribution in [3.05, 3.63) is 48.0 Å². The number of benzene rings is 2. The van der Waals surface area contributed by atoms with Gasteiger partial charge < -0.3 is 19.7 Å². The fraction of sp³-hybridized carbons (Fsp3) is 0.350. The third-order valence-corrected chi connectivity index (χ3v) is 4.49. The third-order valence-electron chi connectivity index (χ3n) is 4.49. The lowest BCUT2D eigenvalue weighted by Crippen LogP contribution is -2.29. The monoisotopic (exact) mass is 376 g/mol. The van der Waals surface area contributed by atoms with Crippen LogP contribution in [0.15, 0.2) is 42.5 Å². The van der Waals surface area contributed by atoms with Crippen molar-refractivity contribution in [1.29, 1.82) is 0 Å². The Kier molecular flexibility index (Phi) is 6.11. The molecule has 0 spiro atoms. The number of piperidine rings is 1. The second-order valence-electron chi connectivity index (χ2n) is 6.29. The zero-order valence-corrected chi connectivity index (χ0v) is 15.1. The van der Waals surface area contributed by atoms with Crippen LogP contribution < -0.4 is 19.7 Å². The minimum atomic E-state index is -2.96. The second kappa shape index (κ2) is 8.70. The number of alkyl halides is 2. The number of nitrogens with one attached hydrogen (secondary N) is 1.